The molecule has 0 saturated carbocycles. The van der Waals surface area contributed by atoms with Crippen LogP contribution in [0.3, 0.4) is 0 Å². The number of ether oxygens (including phenoxy) is 1. The third-order valence-electron chi connectivity index (χ3n) is 3.63. The number of methoxy groups -OCH3 is 1. The Labute approximate surface area is 159 Å². The van der Waals surface area contributed by atoms with E-state index >= 15 is 0 Å². The Balaban J connectivity index is 1.67. The van der Waals surface area contributed by atoms with Crippen molar-refractivity contribution in [3.8, 4) is 0 Å². The largest absolute Gasteiger partial charge is 0.465 e. The normalized spacial score (nSPS) is 10.4. The molecule has 0 radical (unpaired) electrons. The van der Waals surface area contributed by atoms with Crippen molar-refractivity contribution in [2.24, 2.45) is 0 Å². The Morgan fingerprint density at radius 1 is 1.26 bits per heavy atom. The van der Waals surface area contributed by atoms with Crippen molar-refractivity contribution < 1.29 is 18.8 Å². The smallest absolute Gasteiger partial charge is 0.337 e. The van der Waals surface area contributed by atoms with Crippen molar-refractivity contribution in [2.45, 2.75) is 13.0 Å². The molecule has 0 saturated heterocycles. The molecule has 0 unspecified atom stereocenters. The van der Waals surface area contributed by atoms with Crippen LogP contribution in [0, 0.1) is 0 Å². The maximum atomic E-state index is 12.1. The summed E-state index contributed by atoms with van der Waals surface area (Å²) >= 11 is 6.16. The summed E-state index contributed by atoms with van der Waals surface area (Å²) < 4.78 is 9.69. The van der Waals surface area contributed by atoms with E-state index in [0.717, 1.165) is 0 Å². The van der Waals surface area contributed by atoms with Crippen molar-refractivity contribution in [3.63, 3.8) is 0 Å². The highest BCUT2D eigenvalue weighted by Crippen LogP contribution is 2.20. The van der Waals surface area contributed by atoms with Gasteiger partial charge in [0, 0.05) is 17.6 Å². The highest BCUT2D eigenvalue weighted by Gasteiger charge is 2.17. The van der Waals surface area contributed by atoms with Gasteiger partial charge >= 0.3 is 17.8 Å². The summed E-state index contributed by atoms with van der Waals surface area (Å²) in [5, 5.41) is 6.87. The number of nitrogens with zero attached hydrogens (tertiary/aromatic N) is 3. The van der Waals surface area contributed by atoms with Crippen molar-refractivity contribution in [1.29, 1.82) is 0 Å². The number of halogens is 1. The topological polar surface area (TPSA) is 107 Å². The first-order valence-electron chi connectivity index (χ1n) is 7.94. The van der Waals surface area contributed by atoms with E-state index in [-0.39, 0.29) is 24.7 Å². The number of pyridine rings is 1. The van der Waals surface area contributed by atoms with Crippen LogP contribution in [0.2, 0.25) is 5.02 Å². The zero-order valence-corrected chi connectivity index (χ0v) is 15.1. The minimum atomic E-state index is -0.506. The van der Waals surface area contributed by atoms with E-state index in [1.165, 1.54) is 7.11 Å². The fourth-order valence-corrected chi connectivity index (χ4v) is 2.48. The van der Waals surface area contributed by atoms with E-state index in [9.17, 15) is 9.59 Å². The molecular weight excluding hydrogens is 372 g/mol. The molecule has 9 heteroatoms. The van der Waals surface area contributed by atoms with Crippen LogP contribution in [0.1, 0.15) is 38.1 Å². The fraction of sp³-hybridized carbons (Fsp3) is 0.167. The molecule has 27 heavy (non-hydrogen) atoms. The van der Waals surface area contributed by atoms with Gasteiger partial charge in [0.15, 0.2) is 5.82 Å². The molecule has 1 N–H and O–H groups in total. The highest BCUT2D eigenvalue weighted by molar-refractivity contribution is 6.31. The van der Waals surface area contributed by atoms with Crippen LogP contribution >= 0.6 is 11.6 Å². The van der Waals surface area contributed by atoms with Crippen molar-refractivity contribution in [2.75, 3.05) is 7.11 Å². The van der Waals surface area contributed by atoms with Gasteiger partial charge in [-0.1, -0.05) is 22.8 Å². The molecule has 0 aliphatic heterocycles. The molecule has 138 valence electrons. The first-order valence-corrected chi connectivity index (χ1v) is 8.32. The molecule has 0 fully saturated rings. The standard InChI is InChI=1S/C18H15ClN4O4/c1-26-18(25)11-5-6-14(19)12(8-11)9-15-22-17(27-23-15)16(24)21-10-13-4-2-3-7-20-13/h2-8H,9-10H2,1H3,(H,21,24). The summed E-state index contributed by atoms with van der Waals surface area (Å²) in [6.07, 6.45) is 1.83. The summed E-state index contributed by atoms with van der Waals surface area (Å²) in [6.45, 7) is 0.240. The van der Waals surface area contributed by atoms with Gasteiger partial charge in [0.2, 0.25) is 0 Å². The second-order valence-corrected chi connectivity index (χ2v) is 5.90. The van der Waals surface area contributed by atoms with E-state index in [2.05, 4.69) is 20.4 Å². The molecule has 3 rings (SSSR count). The number of nitrogens with one attached hydrogen (secondary N) is 1. The quantitative estimate of drug-likeness (QED) is 0.648. The van der Waals surface area contributed by atoms with Gasteiger partial charge in [-0.05, 0) is 35.9 Å². The number of carbonyl (C=O) groups is 2. The van der Waals surface area contributed by atoms with Gasteiger partial charge in [-0.2, -0.15) is 4.98 Å². The van der Waals surface area contributed by atoms with Crippen LogP contribution in [0.25, 0.3) is 0 Å². The molecule has 0 bridgehead atoms. The molecule has 1 aromatic carbocycles. The monoisotopic (exact) mass is 386 g/mol. The first-order chi connectivity index (χ1) is 13.1. The number of carbonyl (C=O) groups excluding carboxylic acids is 2. The maximum Gasteiger partial charge on any atom is 0.337 e. The second kappa shape index (κ2) is 8.41. The Morgan fingerprint density at radius 2 is 2.11 bits per heavy atom. The lowest BCUT2D eigenvalue weighted by Gasteiger charge is -2.04. The molecule has 0 atom stereocenters. The predicted octanol–water partition coefficient (Wildman–Crippen LogP) is 2.43. The lowest BCUT2D eigenvalue weighted by Crippen LogP contribution is -2.23. The summed E-state index contributed by atoms with van der Waals surface area (Å²) in [5.74, 6) is -0.882. The van der Waals surface area contributed by atoms with Crippen LogP contribution in [0.15, 0.2) is 47.1 Å². The number of hydrogen-bond donors (Lipinski definition) is 1. The minimum Gasteiger partial charge on any atom is -0.465 e. The number of hydrogen-bond acceptors (Lipinski definition) is 7. The number of benzene rings is 1. The van der Waals surface area contributed by atoms with Gasteiger partial charge in [-0.3, -0.25) is 9.78 Å². The SMILES string of the molecule is COC(=O)c1ccc(Cl)c(Cc2noc(C(=O)NCc3ccccn3)n2)c1. The lowest BCUT2D eigenvalue weighted by molar-refractivity contribution is 0.0600. The van der Waals surface area contributed by atoms with Crippen LogP contribution < -0.4 is 5.32 Å². The average molecular weight is 387 g/mol. The molecule has 0 aliphatic rings. The average Bonchev–Trinajstić information content (AvgIpc) is 3.16. The summed E-state index contributed by atoms with van der Waals surface area (Å²) in [4.78, 5) is 31.9. The molecule has 2 heterocycles. The van der Waals surface area contributed by atoms with E-state index in [1.54, 1.807) is 36.5 Å². The number of aromatic nitrogens is 3. The Hall–Kier alpha value is -3.26. The van der Waals surface area contributed by atoms with Gasteiger partial charge in [0.1, 0.15) is 0 Å². The molecule has 1 amide bonds. The van der Waals surface area contributed by atoms with E-state index < -0.39 is 11.9 Å². The van der Waals surface area contributed by atoms with Crippen LogP contribution in [-0.4, -0.2) is 34.1 Å². The Morgan fingerprint density at radius 3 is 2.85 bits per heavy atom. The van der Waals surface area contributed by atoms with Gasteiger partial charge in [0.05, 0.1) is 24.9 Å². The number of amides is 1. The molecule has 0 spiro atoms. The number of esters is 1. The maximum absolute atomic E-state index is 12.1. The lowest BCUT2D eigenvalue weighted by atomic mass is 10.1. The van der Waals surface area contributed by atoms with Crippen molar-refractivity contribution >= 4 is 23.5 Å². The van der Waals surface area contributed by atoms with Gasteiger partial charge < -0.3 is 14.6 Å². The van der Waals surface area contributed by atoms with Gasteiger partial charge in [0.25, 0.3) is 0 Å². The Kier molecular flexibility index (Phi) is 5.77. The summed E-state index contributed by atoms with van der Waals surface area (Å²) in [7, 11) is 1.30. The van der Waals surface area contributed by atoms with E-state index in [4.69, 9.17) is 20.9 Å². The van der Waals surface area contributed by atoms with E-state index in [1.807, 2.05) is 6.07 Å². The van der Waals surface area contributed by atoms with Crippen LogP contribution in [0.5, 0.6) is 0 Å². The Bertz CT molecular complexity index is 959. The third kappa shape index (κ3) is 4.68. The molecular formula is C18H15ClN4O4. The minimum absolute atomic E-state index is 0.166. The van der Waals surface area contributed by atoms with Gasteiger partial charge in [-0.25, -0.2) is 4.79 Å². The predicted molar refractivity (Wildman–Crippen MR) is 95.3 cm³/mol. The number of rotatable bonds is 6. The van der Waals surface area contributed by atoms with Crippen molar-refractivity contribution in [1.82, 2.24) is 20.4 Å². The first kappa shape index (κ1) is 18.5. The third-order valence-corrected chi connectivity index (χ3v) is 4.00. The zero-order valence-electron chi connectivity index (χ0n) is 14.3. The molecule has 2 aromatic heterocycles. The fourth-order valence-electron chi connectivity index (χ4n) is 2.29. The highest BCUT2D eigenvalue weighted by atomic mass is 35.5. The van der Waals surface area contributed by atoms with Crippen LogP contribution in [0.4, 0.5) is 0 Å². The molecule has 0 aliphatic carbocycles. The van der Waals surface area contributed by atoms with Crippen molar-refractivity contribution in [3.05, 3.63) is 76.2 Å². The summed E-state index contributed by atoms with van der Waals surface area (Å²) in [5.41, 5.74) is 1.67. The van der Waals surface area contributed by atoms with E-state index in [0.29, 0.717) is 21.8 Å². The molecule has 8 nitrogen and oxygen atoms in total. The second-order valence-electron chi connectivity index (χ2n) is 5.49. The summed E-state index contributed by atoms with van der Waals surface area (Å²) in [6, 6.07) is 10.1. The van der Waals surface area contributed by atoms with Crippen LogP contribution in [-0.2, 0) is 17.7 Å². The molecule has 3 aromatic rings. The zero-order chi connectivity index (χ0) is 19.2. The van der Waals surface area contributed by atoms with Gasteiger partial charge in [-0.15, -0.1) is 0 Å².